The van der Waals surface area contributed by atoms with Gasteiger partial charge in [0.15, 0.2) is 0 Å². The summed E-state index contributed by atoms with van der Waals surface area (Å²) in [6.07, 6.45) is 14.7. The van der Waals surface area contributed by atoms with Gasteiger partial charge in [-0.05, 0) is 69.4 Å². The van der Waals surface area contributed by atoms with Gasteiger partial charge in [-0.2, -0.15) is 0 Å². The highest BCUT2D eigenvalue weighted by Crippen LogP contribution is 2.48. The van der Waals surface area contributed by atoms with E-state index < -0.39 is 5.60 Å². The molecule has 22 atom stereocenters. The van der Waals surface area contributed by atoms with Crippen molar-refractivity contribution in [1.82, 2.24) is 0 Å². The van der Waals surface area contributed by atoms with Crippen LogP contribution >= 0.6 is 0 Å². The molecular formula is C47H66O13. The summed E-state index contributed by atoms with van der Waals surface area (Å²) in [6.45, 7) is 10.3. The Bertz CT molecular complexity index is 1700. The highest BCUT2D eigenvalue weighted by Gasteiger charge is 2.57. The van der Waals surface area contributed by atoms with Crippen LogP contribution in [0.5, 0.6) is 0 Å². The molecule has 0 bridgehead atoms. The summed E-state index contributed by atoms with van der Waals surface area (Å²) < 4.78 is 74.1. The lowest BCUT2D eigenvalue weighted by Crippen LogP contribution is -2.63. The quantitative estimate of drug-likeness (QED) is 0.152. The minimum Gasteiger partial charge on any atom is -0.456 e. The van der Waals surface area contributed by atoms with Gasteiger partial charge < -0.3 is 52.1 Å². The van der Waals surface area contributed by atoms with Crippen LogP contribution in [0.1, 0.15) is 112 Å². The first kappa shape index (κ1) is 41.9. The highest BCUT2D eigenvalue weighted by molar-refractivity contribution is 5.84. The number of carbonyl (C=O) groups excluding carboxylic acids is 2. The molecule has 21 unspecified atom stereocenters. The van der Waals surface area contributed by atoms with Gasteiger partial charge in [-0.25, -0.2) is 4.79 Å². The van der Waals surface area contributed by atoms with Crippen molar-refractivity contribution < 1.29 is 61.7 Å². The first-order valence-electron chi connectivity index (χ1n) is 22.8. The zero-order chi connectivity index (χ0) is 40.2. The maximum Gasteiger partial charge on any atom is 0.331 e. The largest absolute Gasteiger partial charge is 0.456 e. The van der Waals surface area contributed by atoms with Gasteiger partial charge in [-0.15, -0.1) is 0 Å². The minimum absolute atomic E-state index is 0. The summed E-state index contributed by atoms with van der Waals surface area (Å²) in [6, 6.07) is 0. The van der Waals surface area contributed by atoms with Crippen LogP contribution in [0, 0.1) is 5.92 Å². The summed E-state index contributed by atoms with van der Waals surface area (Å²) in [5.74, 6) is -0.0791. The van der Waals surface area contributed by atoms with E-state index in [0.717, 1.165) is 76.1 Å². The maximum absolute atomic E-state index is 12.1. The van der Waals surface area contributed by atoms with Crippen LogP contribution in [-0.4, -0.2) is 140 Å². The van der Waals surface area contributed by atoms with Crippen LogP contribution in [0.25, 0.3) is 0 Å². The van der Waals surface area contributed by atoms with E-state index in [1.165, 1.54) is 0 Å². The average Bonchev–Trinajstić information content (AvgIpc) is 3.45. The Hall–Kier alpha value is -2.04. The van der Waals surface area contributed by atoms with E-state index in [9.17, 15) is 9.59 Å². The molecule has 0 aromatic carbocycles. The number of carbonyl (C=O) groups is 2. The second kappa shape index (κ2) is 16.5. The molecule has 13 nitrogen and oxygen atoms in total. The molecule has 13 heteroatoms. The summed E-state index contributed by atoms with van der Waals surface area (Å²) in [7, 11) is 0. The Morgan fingerprint density at radius 1 is 0.683 bits per heavy atom. The van der Waals surface area contributed by atoms with Crippen LogP contribution in [0.2, 0.25) is 0 Å². The van der Waals surface area contributed by atoms with Crippen molar-refractivity contribution in [3.63, 3.8) is 0 Å². The molecule has 11 aliphatic rings. The van der Waals surface area contributed by atoms with E-state index in [1.54, 1.807) is 6.08 Å². The lowest BCUT2D eigenvalue weighted by molar-refractivity contribution is -0.310. The molecule has 60 heavy (non-hydrogen) atoms. The molecule has 0 radical (unpaired) electrons. The van der Waals surface area contributed by atoms with E-state index in [1.807, 2.05) is 6.92 Å². The zero-order valence-electron chi connectivity index (χ0n) is 34.6. The highest BCUT2D eigenvalue weighted by atomic mass is 16.6. The number of hydrogen-bond donors (Lipinski definition) is 0. The van der Waals surface area contributed by atoms with E-state index in [-0.39, 0.29) is 141 Å². The van der Waals surface area contributed by atoms with Crippen molar-refractivity contribution >= 4 is 12.3 Å². The number of aldehydes is 1. The van der Waals surface area contributed by atoms with Crippen LogP contribution in [-0.2, 0) is 61.7 Å². The Balaban J connectivity index is 0.00000433. The van der Waals surface area contributed by atoms with Gasteiger partial charge in [0.05, 0.1) is 109 Å². The smallest absolute Gasteiger partial charge is 0.331 e. The van der Waals surface area contributed by atoms with Crippen molar-refractivity contribution in [2.75, 3.05) is 0 Å². The maximum atomic E-state index is 12.1. The fraction of sp³-hybridized carbons (Fsp3) is 0.830. The molecule has 0 aliphatic carbocycles. The average molecular weight is 839 g/mol. The van der Waals surface area contributed by atoms with Crippen LogP contribution in [0.3, 0.4) is 0 Å². The van der Waals surface area contributed by atoms with Crippen LogP contribution in [0.4, 0.5) is 0 Å². The number of rotatable bonds is 3. The van der Waals surface area contributed by atoms with E-state index in [2.05, 4.69) is 32.6 Å². The Kier molecular flexibility index (Phi) is 11.5. The van der Waals surface area contributed by atoms with Crippen molar-refractivity contribution in [2.24, 2.45) is 5.92 Å². The predicted molar refractivity (Wildman–Crippen MR) is 215 cm³/mol. The molecule has 11 heterocycles. The molecule has 0 spiro atoms. The third-order valence-electron chi connectivity index (χ3n) is 15.8. The molecule has 11 rings (SSSR count). The Morgan fingerprint density at radius 2 is 1.27 bits per heavy atom. The van der Waals surface area contributed by atoms with Gasteiger partial charge in [0.2, 0.25) is 0 Å². The molecule has 11 aliphatic heterocycles. The number of fused-ring (bicyclic) bond motifs is 10. The Labute approximate surface area is 354 Å². The van der Waals surface area contributed by atoms with Gasteiger partial charge in [0.1, 0.15) is 24.6 Å². The number of ether oxygens (including phenoxy) is 11. The summed E-state index contributed by atoms with van der Waals surface area (Å²) in [5, 5.41) is 0. The summed E-state index contributed by atoms with van der Waals surface area (Å²) >= 11 is 0. The lowest BCUT2D eigenvalue weighted by Gasteiger charge is -2.55. The standard InChI is InChI=1S/C46H62O13.CH4/c1-22(21-47)12-25-7-8-27-31(49-25)15-35-36(51-27)16-32-26(50-35)6-5-11-46(4)42(55-32)20-39-40(59-46)18-33-28(52-39)9-10-29-44(57-33)23(2)13-30-34(53-29)17-38-37(54-30)19-41-45(58-38)24(3)14-43(48)56-41;/h5-6,14,21,23,25-42,44-45H,1,7-13,15-20H2,2-4H3;1H4/b6-5-;/t23-,25?,26?,27?,28?,29?,30?,31?,32?,33?,34?,35?,36?,37?,38?,39?,40?,41?,42?,44?,45?,46?;/m1./s1. The van der Waals surface area contributed by atoms with Crippen molar-refractivity contribution in [3.05, 3.63) is 36.0 Å². The first-order chi connectivity index (χ1) is 28.6. The first-order valence-corrected chi connectivity index (χ1v) is 22.8. The molecule has 0 saturated carbocycles. The topological polar surface area (TPSA) is 136 Å². The van der Waals surface area contributed by atoms with Crippen molar-refractivity contribution in [1.29, 1.82) is 0 Å². The van der Waals surface area contributed by atoms with Gasteiger partial charge >= 0.3 is 5.97 Å². The monoisotopic (exact) mass is 838 g/mol. The molecule has 0 amide bonds. The fourth-order valence-corrected chi connectivity index (χ4v) is 12.7. The van der Waals surface area contributed by atoms with Crippen LogP contribution in [0.15, 0.2) is 36.0 Å². The molecular weight excluding hydrogens is 773 g/mol. The molecule has 0 N–H and O–H groups in total. The number of esters is 1. The summed E-state index contributed by atoms with van der Waals surface area (Å²) in [5.41, 5.74) is 0.969. The molecule has 9 fully saturated rings. The van der Waals surface area contributed by atoms with E-state index in [4.69, 9.17) is 52.1 Å². The zero-order valence-corrected chi connectivity index (χ0v) is 34.6. The SMILES string of the molecule is C.C=C(C=O)CC1CCC2OC3CC4OC5CC6OC7CCC8OC9CC%10OC%11C(C)=CC(=O)OC%11CC%10OC9C[C@@H](C)C8OC7CC6OC5(C)C/C=C\C4OC3CC2O1. The molecule has 0 aromatic rings. The fourth-order valence-electron chi connectivity index (χ4n) is 12.7. The summed E-state index contributed by atoms with van der Waals surface area (Å²) in [4.78, 5) is 23.3. The molecule has 9 saturated heterocycles. The van der Waals surface area contributed by atoms with Gasteiger partial charge in [0, 0.05) is 51.0 Å². The van der Waals surface area contributed by atoms with Gasteiger partial charge in [0.25, 0.3) is 0 Å². The lowest BCUT2D eigenvalue weighted by atomic mass is 9.80. The van der Waals surface area contributed by atoms with Crippen LogP contribution < -0.4 is 0 Å². The molecule has 332 valence electrons. The van der Waals surface area contributed by atoms with E-state index >= 15 is 0 Å². The normalized spacial score (nSPS) is 53.5. The van der Waals surface area contributed by atoms with Gasteiger partial charge in [-0.1, -0.05) is 33.1 Å². The van der Waals surface area contributed by atoms with E-state index in [0.29, 0.717) is 24.8 Å². The minimum atomic E-state index is -0.520. The molecule has 0 aromatic heterocycles. The second-order valence-electron chi connectivity index (χ2n) is 19.9. The Morgan fingerprint density at radius 3 is 2.05 bits per heavy atom. The predicted octanol–water partition coefficient (Wildman–Crippen LogP) is 5.58. The third kappa shape index (κ3) is 7.72. The van der Waals surface area contributed by atoms with Gasteiger partial charge in [-0.3, -0.25) is 4.79 Å². The third-order valence-corrected chi connectivity index (χ3v) is 15.8. The number of hydrogen-bond acceptors (Lipinski definition) is 13. The van der Waals surface area contributed by atoms with Crippen molar-refractivity contribution in [3.8, 4) is 0 Å². The second-order valence-corrected chi connectivity index (χ2v) is 19.9. The van der Waals surface area contributed by atoms with Crippen molar-refractivity contribution in [2.45, 2.75) is 239 Å².